The third kappa shape index (κ3) is 9.21. The molecular formula is C34H34I2N10O6. The highest BCUT2D eigenvalue weighted by Gasteiger charge is 2.22. The fourth-order valence-corrected chi connectivity index (χ4v) is 6.40. The zero-order chi connectivity index (χ0) is 38.0. The van der Waals surface area contributed by atoms with Gasteiger partial charge in [0.25, 0.3) is 5.69 Å². The summed E-state index contributed by atoms with van der Waals surface area (Å²) in [7, 11) is 0. The van der Waals surface area contributed by atoms with Gasteiger partial charge < -0.3 is 15.2 Å². The summed E-state index contributed by atoms with van der Waals surface area (Å²) in [5.41, 5.74) is 7.95. The van der Waals surface area contributed by atoms with E-state index in [1.54, 1.807) is 43.7 Å². The minimum absolute atomic E-state index is 0.0227. The van der Waals surface area contributed by atoms with Crippen LogP contribution in [0.4, 0.5) is 32.6 Å². The minimum Gasteiger partial charge on any atom is -0.444 e. The number of aromatic nitrogens is 6. The van der Waals surface area contributed by atoms with E-state index in [9.17, 15) is 19.7 Å². The Hall–Kier alpha value is -5.12. The molecule has 16 nitrogen and oxygen atoms in total. The molecule has 0 saturated heterocycles. The first-order chi connectivity index (χ1) is 24.4. The summed E-state index contributed by atoms with van der Waals surface area (Å²) in [6, 6.07) is 13.7. The third-order valence-corrected chi connectivity index (χ3v) is 8.42. The van der Waals surface area contributed by atoms with E-state index in [4.69, 9.17) is 15.2 Å². The van der Waals surface area contributed by atoms with Crippen LogP contribution in [0.3, 0.4) is 0 Å². The number of nitrogens with one attached hydrogen (secondary N) is 2. The predicted octanol–water partition coefficient (Wildman–Crippen LogP) is 8.23. The molecule has 0 radical (unpaired) electrons. The van der Waals surface area contributed by atoms with Crippen LogP contribution in [0.2, 0.25) is 0 Å². The monoisotopic (exact) mass is 932 g/mol. The van der Waals surface area contributed by atoms with Crippen LogP contribution in [0.25, 0.3) is 33.4 Å². The number of fused-ring (bicyclic) bond motifs is 2. The van der Waals surface area contributed by atoms with Gasteiger partial charge in [-0.05, 0) is 111 Å². The smallest absolute Gasteiger partial charge is 0.413 e. The highest BCUT2D eigenvalue weighted by atomic mass is 127. The number of nitrogens with zero attached hydrogens (tertiary/aromatic N) is 7. The standard InChI is InChI=1S/C17H16IN5O4.C17H18IN5O2/c1-17(2,3)27-16(24)21-14-13-12(18)8-22(15(13)20-9-19-14)10-5-4-6-11(7-10)23(25)26;1-17(2,3)25-16(24)22-14-13-12(18)8-23(15(13)21-9-20-14)11-6-4-5-10(19)7-11/h4-9H,1-3H3,(H,19,20,21,24);4-9H,19H2,1-3H3,(H,20,21,22,24). The number of nitrogen functional groups attached to an aromatic ring is 1. The summed E-state index contributed by atoms with van der Waals surface area (Å²) in [5.74, 6) is 0.717. The number of non-ortho nitro benzene ring substituents is 1. The molecule has 2 amide bonds. The highest BCUT2D eigenvalue weighted by molar-refractivity contribution is 14.1. The maximum absolute atomic E-state index is 12.1. The molecular weight excluding hydrogens is 898 g/mol. The van der Waals surface area contributed by atoms with Crippen molar-refractivity contribution in [2.75, 3.05) is 16.4 Å². The molecule has 52 heavy (non-hydrogen) atoms. The van der Waals surface area contributed by atoms with Gasteiger partial charge in [0.15, 0.2) is 11.3 Å². The first-order valence-corrected chi connectivity index (χ1v) is 17.7. The number of anilines is 3. The van der Waals surface area contributed by atoms with Crippen LogP contribution in [0.5, 0.6) is 0 Å². The molecule has 18 heteroatoms. The Kier molecular flexibility index (Phi) is 11.2. The molecule has 0 spiro atoms. The Morgan fingerprint density at radius 3 is 1.62 bits per heavy atom. The lowest BCUT2D eigenvalue weighted by molar-refractivity contribution is -0.384. The average Bonchev–Trinajstić information content (AvgIpc) is 3.57. The van der Waals surface area contributed by atoms with Gasteiger partial charge in [-0.2, -0.15) is 0 Å². The van der Waals surface area contributed by atoms with Gasteiger partial charge in [0.2, 0.25) is 0 Å². The number of nitrogens with two attached hydrogens (primary N) is 1. The second kappa shape index (κ2) is 15.2. The van der Waals surface area contributed by atoms with E-state index in [0.717, 1.165) is 18.2 Å². The molecule has 4 aromatic heterocycles. The van der Waals surface area contributed by atoms with E-state index >= 15 is 0 Å². The predicted molar refractivity (Wildman–Crippen MR) is 214 cm³/mol. The van der Waals surface area contributed by atoms with Crippen LogP contribution in [0.15, 0.2) is 73.6 Å². The first-order valence-electron chi connectivity index (χ1n) is 15.5. The summed E-state index contributed by atoms with van der Waals surface area (Å²) >= 11 is 4.29. The molecule has 0 saturated carbocycles. The normalized spacial score (nSPS) is 11.5. The summed E-state index contributed by atoms with van der Waals surface area (Å²) in [6.07, 6.45) is 5.25. The van der Waals surface area contributed by atoms with Crippen LogP contribution in [0.1, 0.15) is 41.5 Å². The molecule has 270 valence electrons. The number of amides is 2. The maximum atomic E-state index is 12.1. The number of hydrogen-bond donors (Lipinski definition) is 3. The highest BCUT2D eigenvalue weighted by Crippen LogP contribution is 2.32. The number of benzene rings is 2. The number of carbonyl (C=O) groups excluding carboxylic acids is 2. The van der Waals surface area contributed by atoms with Gasteiger partial charge in [-0.25, -0.2) is 29.5 Å². The summed E-state index contributed by atoms with van der Waals surface area (Å²) in [5, 5.41) is 17.8. The first kappa shape index (κ1) is 38.1. The van der Waals surface area contributed by atoms with Gasteiger partial charge in [-0.3, -0.25) is 29.9 Å². The van der Waals surface area contributed by atoms with Crippen LogP contribution in [0, 0.1) is 17.3 Å². The summed E-state index contributed by atoms with van der Waals surface area (Å²) < 4.78 is 15.9. The Balaban J connectivity index is 0.000000202. The van der Waals surface area contributed by atoms with Crippen LogP contribution in [-0.2, 0) is 9.47 Å². The van der Waals surface area contributed by atoms with Gasteiger partial charge in [0, 0.05) is 43.0 Å². The van der Waals surface area contributed by atoms with Crippen molar-refractivity contribution in [2.24, 2.45) is 0 Å². The molecule has 0 aliphatic carbocycles. The maximum Gasteiger partial charge on any atom is 0.413 e. The van der Waals surface area contributed by atoms with Crippen molar-refractivity contribution in [3.8, 4) is 11.4 Å². The second-order valence-electron chi connectivity index (χ2n) is 13.2. The number of rotatable bonds is 5. The van der Waals surface area contributed by atoms with Crippen molar-refractivity contribution in [3.05, 3.63) is 90.8 Å². The number of halogens is 2. The van der Waals surface area contributed by atoms with Gasteiger partial charge >= 0.3 is 12.2 Å². The minimum atomic E-state index is -0.641. The Labute approximate surface area is 325 Å². The number of ether oxygens (including phenoxy) is 2. The average molecular weight is 933 g/mol. The topological polar surface area (TPSA) is 207 Å². The zero-order valence-electron chi connectivity index (χ0n) is 28.8. The van der Waals surface area contributed by atoms with Crippen molar-refractivity contribution in [3.63, 3.8) is 0 Å². The second-order valence-corrected chi connectivity index (χ2v) is 15.5. The van der Waals surface area contributed by atoms with Crippen LogP contribution < -0.4 is 16.4 Å². The molecule has 4 N–H and O–H groups in total. The van der Waals surface area contributed by atoms with Gasteiger partial charge in [-0.1, -0.05) is 12.1 Å². The van der Waals surface area contributed by atoms with E-state index < -0.39 is 28.3 Å². The van der Waals surface area contributed by atoms with Crippen molar-refractivity contribution in [1.82, 2.24) is 29.1 Å². The molecule has 2 aromatic carbocycles. The van der Waals surface area contributed by atoms with Gasteiger partial charge in [0.1, 0.15) is 35.5 Å². The molecule has 0 aliphatic heterocycles. The lowest BCUT2D eigenvalue weighted by Gasteiger charge is -2.19. The van der Waals surface area contributed by atoms with Crippen molar-refractivity contribution >= 4 is 102 Å². The fourth-order valence-electron chi connectivity index (χ4n) is 4.85. The zero-order valence-corrected chi connectivity index (χ0v) is 33.2. The van der Waals surface area contributed by atoms with Crippen molar-refractivity contribution in [2.45, 2.75) is 52.7 Å². The lowest BCUT2D eigenvalue weighted by Crippen LogP contribution is -2.27. The third-order valence-electron chi connectivity index (χ3n) is 6.78. The van der Waals surface area contributed by atoms with E-state index in [0.29, 0.717) is 39.7 Å². The molecule has 0 fully saturated rings. The molecule has 0 unspecified atom stereocenters. The SMILES string of the molecule is CC(C)(C)OC(=O)Nc1ncnc2c1c(I)cn2-c1cccc(N)c1.CC(C)(C)OC(=O)Nc1ncnc2c1c(I)cn2-c1cccc([N+](=O)[O-])c1. The Morgan fingerprint density at radius 1 is 0.750 bits per heavy atom. The molecule has 0 atom stereocenters. The molecule has 4 heterocycles. The van der Waals surface area contributed by atoms with E-state index in [2.05, 4.69) is 75.8 Å². The molecule has 0 aliphatic rings. The fraction of sp³-hybridized carbons (Fsp3) is 0.235. The Bertz CT molecular complexity index is 2310. The summed E-state index contributed by atoms with van der Waals surface area (Å²) in [4.78, 5) is 51.8. The number of hydrogen-bond acceptors (Lipinski definition) is 11. The number of nitro groups is 1. The Morgan fingerprint density at radius 2 is 1.19 bits per heavy atom. The van der Waals surface area contributed by atoms with Gasteiger partial charge in [-0.15, -0.1) is 0 Å². The van der Waals surface area contributed by atoms with Crippen molar-refractivity contribution < 1.29 is 24.0 Å². The quantitative estimate of drug-likeness (QED) is 0.0649. The van der Waals surface area contributed by atoms with Gasteiger partial charge in [0.05, 0.1) is 21.4 Å². The van der Waals surface area contributed by atoms with Crippen molar-refractivity contribution in [1.29, 1.82) is 0 Å². The largest absolute Gasteiger partial charge is 0.444 e. The van der Waals surface area contributed by atoms with Crippen LogP contribution >= 0.6 is 45.2 Å². The number of carbonyl (C=O) groups is 2. The van der Waals surface area contributed by atoms with E-state index in [1.807, 2.05) is 55.8 Å². The van der Waals surface area contributed by atoms with E-state index in [1.165, 1.54) is 24.8 Å². The number of nitro benzene ring substituents is 1. The summed E-state index contributed by atoms with van der Waals surface area (Å²) in [6.45, 7) is 10.7. The van der Waals surface area contributed by atoms with E-state index in [-0.39, 0.29) is 5.69 Å². The lowest BCUT2D eigenvalue weighted by atomic mass is 10.2. The molecule has 0 bridgehead atoms. The molecule has 6 aromatic rings. The van der Waals surface area contributed by atoms with Crippen LogP contribution in [-0.4, -0.2) is 57.4 Å². The molecule has 6 rings (SSSR count).